The van der Waals surface area contributed by atoms with Crippen LogP contribution in [0.15, 0.2) is 59.5 Å². The number of amides is 1. The normalized spacial score (nSPS) is 11.6. The number of para-hydroxylation sites is 1. The lowest BCUT2D eigenvalue weighted by molar-refractivity contribution is -0.122. The van der Waals surface area contributed by atoms with Crippen molar-refractivity contribution >= 4 is 15.9 Å². The molecule has 0 aromatic heterocycles. The standard InChI is InChI=1S/C21H29N3O4S/c1-23(2)29(26,27)20-13-8-7-10-18(20)16-22-21(25)17-24(3)14-9-15-28-19-11-5-4-6-12-19/h4-8,10-13H,9,14-17H2,1-3H3,(H,22,25). The van der Waals surface area contributed by atoms with Gasteiger partial charge in [0.05, 0.1) is 18.0 Å². The molecule has 158 valence electrons. The van der Waals surface area contributed by atoms with Gasteiger partial charge in [0.1, 0.15) is 5.75 Å². The Labute approximate surface area is 173 Å². The van der Waals surface area contributed by atoms with E-state index in [9.17, 15) is 13.2 Å². The molecular formula is C21H29N3O4S. The Bertz CT molecular complexity index is 886. The van der Waals surface area contributed by atoms with E-state index in [1.165, 1.54) is 18.4 Å². The van der Waals surface area contributed by atoms with Crippen LogP contribution in [-0.4, -0.2) is 64.4 Å². The number of nitrogens with zero attached hydrogens (tertiary/aromatic N) is 2. The predicted octanol–water partition coefficient (Wildman–Crippen LogP) is 1.95. The Hall–Kier alpha value is -2.42. The highest BCUT2D eigenvalue weighted by molar-refractivity contribution is 7.89. The van der Waals surface area contributed by atoms with Crippen LogP contribution in [0.5, 0.6) is 5.75 Å². The van der Waals surface area contributed by atoms with Gasteiger partial charge < -0.3 is 10.1 Å². The van der Waals surface area contributed by atoms with Gasteiger partial charge in [0, 0.05) is 27.2 Å². The maximum absolute atomic E-state index is 12.4. The zero-order valence-electron chi connectivity index (χ0n) is 17.2. The second-order valence-corrected chi connectivity index (χ2v) is 9.04. The van der Waals surface area contributed by atoms with Gasteiger partial charge in [0.2, 0.25) is 15.9 Å². The van der Waals surface area contributed by atoms with Crippen molar-refractivity contribution in [1.29, 1.82) is 0 Å². The fourth-order valence-electron chi connectivity index (χ4n) is 2.71. The van der Waals surface area contributed by atoms with Gasteiger partial charge >= 0.3 is 0 Å². The molecule has 0 aliphatic carbocycles. The van der Waals surface area contributed by atoms with Crippen molar-refractivity contribution in [3.8, 4) is 5.75 Å². The van der Waals surface area contributed by atoms with Crippen LogP contribution in [-0.2, 0) is 21.4 Å². The molecule has 2 aromatic carbocycles. The number of hydrogen-bond donors (Lipinski definition) is 1. The quantitative estimate of drug-likeness (QED) is 0.563. The van der Waals surface area contributed by atoms with E-state index in [1.807, 2.05) is 42.3 Å². The lowest BCUT2D eigenvalue weighted by atomic mass is 10.2. The van der Waals surface area contributed by atoms with Crippen LogP contribution in [0.25, 0.3) is 0 Å². The van der Waals surface area contributed by atoms with Crippen LogP contribution in [0.4, 0.5) is 0 Å². The van der Waals surface area contributed by atoms with Crippen LogP contribution >= 0.6 is 0 Å². The molecule has 0 atom stereocenters. The van der Waals surface area contributed by atoms with Crippen LogP contribution in [0.1, 0.15) is 12.0 Å². The molecule has 7 nitrogen and oxygen atoms in total. The molecule has 1 amide bonds. The van der Waals surface area contributed by atoms with E-state index in [0.717, 1.165) is 12.2 Å². The van der Waals surface area contributed by atoms with Gasteiger partial charge in [-0.1, -0.05) is 36.4 Å². The maximum Gasteiger partial charge on any atom is 0.242 e. The largest absolute Gasteiger partial charge is 0.494 e. The third-order valence-electron chi connectivity index (χ3n) is 4.32. The summed E-state index contributed by atoms with van der Waals surface area (Å²) in [5.41, 5.74) is 0.563. The summed E-state index contributed by atoms with van der Waals surface area (Å²) < 4.78 is 31.6. The molecule has 2 rings (SSSR count). The van der Waals surface area contributed by atoms with E-state index in [1.54, 1.807) is 24.3 Å². The molecule has 0 saturated heterocycles. The Balaban J connectivity index is 1.77. The smallest absolute Gasteiger partial charge is 0.242 e. The molecule has 0 heterocycles. The zero-order valence-corrected chi connectivity index (χ0v) is 18.0. The van der Waals surface area contributed by atoms with Crippen molar-refractivity contribution in [1.82, 2.24) is 14.5 Å². The molecule has 0 unspecified atom stereocenters. The first kappa shape index (κ1) is 22.9. The van der Waals surface area contributed by atoms with Crippen LogP contribution in [0, 0.1) is 0 Å². The average molecular weight is 420 g/mol. The van der Waals surface area contributed by atoms with Crippen molar-refractivity contribution in [2.75, 3.05) is 40.8 Å². The zero-order chi connectivity index (χ0) is 21.3. The molecule has 8 heteroatoms. The first-order chi connectivity index (χ1) is 13.8. The van der Waals surface area contributed by atoms with Crippen LogP contribution in [0.2, 0.25) is 0 Å². The minimum atomic E-state index is -3.56. The van der Waals surface area contributed by atoms with Gasteiger partial charge in [-0.3, -0.25) is 9.69 Å². The fraction of sp³-hybridized carbons (Fsp3) is 0.381. The third-order valence-corrected chi connectivity index (χ3v) is 6.23. The van der Waals surface area contributed by atoms with Gasteiger partial charge in [-0.15, -0.1) is 0 Å². The molecule has 0 fully saturated rings. The Morgan fingerprint density at radius 1 is 1.00 bits per heavy atom. The highest BCUT2D eigenvalue weighted by Crippen LogP contribution is 2.18. The highest BCUT2D eigenvalue weighted by Gasteiger charge is 2.20. The van der Waals surface area contributed by atoms with E-state index in [4.69, 9.17) is 4.74 Å². The summed E-state index contributed by atoms with van der Waals surface area (Å²) >= 11 is 0. The lowest BCUT2D eigenvalue weighted by Crippen LogP contribution is -2.36. The van der Waals surface area contributed by atoms with E-state index in [2.05, 4.69) is 5.32 Å². The molecule has 0 radical (unpaired) electrons. The first-order valence-electron chi connectivity index (χ1n) is 9.44. The number of rotatable bonds is 11. The average Bonchev–Trinajstić information content (AvgIpc) is 2.70. The molecule has 1 N–H and O–H groups in total. The summed E-state index contributed by atoms with van der Waals surface area (Å²) in [6.45, 7) is 1.68. The number of benzene rings is 2. The molecular weight excluding hydrogens is 390 g/mol. The van der Waals surface area contributed by atoms with Crippen molar-refractivity contribution in [3.63, 3.8) is 0 Å². The van der Waals surface area contributed by atoms with Crippen molar-refractivity contribution in [3.05, 3.63) is 60.2 Å². The first-order valence-corrected chi connectivity index (χ1v) is 10.9. The molecule has 0 saturated carbocycles. The summed E-state index contributed by atoms with van der Waals surface area (Å²) in [6.07, 6.45) is 0.794. The van der Waals surface area contributed by atoms with Gasteiger partial charge in [0.25, 0.3) is 0 Å². The van der Waals surface area contributed by atoms with E-state index in [0.29, 0.717) is 18.7 Å². The highest BCUT2D eigenvalue weighted by atomic mass is 32.2. The minimum Gasteiger partial charge on any atom is -0.494 e. The SMILES string of the molecule is CN(CCCOc1ccccc1)CC(=O)NCc1ccccc1S(=O)(=O)N(C)C. The Morgan fingerprint density at radius 3 is 2.34 bits per heavy atom. The van der Waals surface area contributed by atoms with Gasteiger partial charge in [-0.2, -0.15) is 0 Å². The minimum absolute atomic E-state index is 0.159. The molecule has 0 aliphatic rings. The monoisotopic (exact) mass is 419 g/mol. The fourth-order valence-corrected chi connectivity index (χ4v) is 3.83. The summed E-state index contributed by atoms with van der Waals surface area (Å²) in [5, 5.41) is 2.80. The molecule has 29 heavy (non-hydrogen) atoms. The molecule has 0 bridgehead atoms. The predicted molar refractivity (Wildman–Crippen MR) is 113 cm³/mol. The number of hydrogen-bond acceptors (Lipinski definition) is 5. The third kappa shape index (κ3) is 7.16. The van der Waals surface area contributed by atoms with Gasteiger partial charge in [0.15, 0.2) is 0 Å². The maximum atomic E-state index is 12.4. The van der Waals surface area contributed by atoms with Gasteiger partial charge in [-0.25, -0.2) is 12.7 Å². The summed E-state index contributed by atoms with van der Waals surface area (Å²) in [6, 6.07) is 16.3. The summed E-state index contributed by atoms with van der Waals surface area (Å²) in [7, 11) is 1.28. The number of carbonyl (C=O) groups excluding carboxylic acids is 1. The molecule has 0 spiro atoms. The second kappa shape index (κ2) is 10.9. The number of nitrogens with one attached hydrogen (secondary N) is 1. The van der Waals surface area contributed by atoms with Crippen LogP contribution in [0.3, 0.4) is 0 Å². The van der Waals surface area contributed by atoms with Crippen molar-refractivity contribution in [2.24, 2.45) is 0 Å². The van der Waals surface area contributed by atoms with Crippen molar-refractivity contribution in [2.45, 2.75) is 17.9 Å². The Kier molecular flexibility index (Phi) is 8.63. The number of carbonyl (C=O) groups is 1. The lowest BCUT2D eigenvalue weighted by Gasteiger charge is -2.18. The summed E-state index contributed by atoms with van der Waals surface area (Å²) in [5.74, 6) is 0.674. The molecule has 0 aliphatic heterocycles. The number of sulfonamides is 1. The number of ether oxygens (including phenoxy) is 1. The van der Waals surface area contributed by atoms with Crippen LogP contribution < -0.4 is 10.1 Å². The van der Waals surface area contributed by atoms with E-state index >= 15 is 0 Å². The topological polar surface area (TPSA) is 79.0 Å². The second-order valence-electron chi connectivity index (χ2n) is 6.92. The Morgan fingerprint density at radius 2 is 1.66 bits per heavy atom. The van der Waals surface area contributed by atoms with E-state index < -0.39 is 10.0 Å². The van der Waals surface area contributed by atoms with Crippen molar-refractivity contribution < 1.29 is 17.9 Å². The summed E-state index contributed by atoms with van der Waals surface area (Å²) in [4.78, 5) is 14.3. The van der Waals surface area contributed by atoms with Gasteiger partial charge in [-0.05, 0) is 37.2 Å². The number of likely N-dealkylation sites (N-methyl/N-ethyl adjacent to an activating group) is 1. The van der Waals surface area contributed by atoms with E-state index in [-0.39, 0.29) is 23.9 Å². The molecule has 2 aromatic rings.